The van der Waals surface area contributed by atoms with E-state index in [4.69, 9.17) is 9.47 Å². The lowest BCUT2D eigenvalue weighted by Crippen LogP contribution is -1.94. The second-order valence-corrected chi connectivity index (χ2v) is 5.42. The zero-order valence-corrected chi connectivity index (χ0v) is 13.9. The Hall–Kier alpha value is -3.27. The van der Waals surface area contributed by atoms with Crippen molar-refractivity contribution in [2.24, 2.45) is 4.99 Å². The first-order valence-electron chi connectivity index (χ1n) is 7.93. The van der Waals surface area contributed by atoms with Gasteiger partial charge in [0.2, 0.25) is 0 Å². The fourth-order valence-electron chi connectivity index (χ4n) is 2.32. The van der Waals surface area contributed by atoms with Gasteiger partial charge in [-0.05, 0) is 42.0 Å². The van der Waals surface area contributed by atoms with Crippen LogP contribution in [-0.4, -0.2) is 18.4 Å². The van der Waals surface area contributed by atoms with Crippen molar-refractivity contribution in [3.63, 3.8) is 0 Å². The minimum atomic E-state index is 0.0802. The van der Waals surface area contributed by atoms with Gasteiger partial charge in [-0.15, -0.1) is 0 Å². The molecule has 0 fully saturated rings. The number of nitrogens with zero attached hydrogens (tertiary/aromatic N) is 1. The van der Waals surface area contributed by atoms with Gasteiger partial charge in [0.15, 0.2) is 11.5 Å². The van der Waals surface area contributed by atoms with Crippen molar-refractivity contribution >= 4 is 11.9 Å². The van der Waals surface area contributed by atoms with Gasteiger partial charge >= 0.3 is 0 Å². The molecule has 0 aromatic heterocycles. The zero-order chi connectivity index (χ0) is 17.5. The van der Waals surface area contributed by atoms with Gasteiger partial charge in [0.1, 0.15) is 12.4 Å². The maximum Gasteiger partial charge on any atom is 0.166 e. The summed E-state index contributed by atoms with van der Waals surface area (Å²) in [6, 6.07) is 22.8. The van der Waals surface area contributed by atoms with Crippen molar-refractivity contribution < 1.29 is 14.6 Å². The Labute approximate surface area is 147 Å². The van der Waals surface area contributed by atoms with E-state index in [0.29, 0.717) is 17.9 Å². The Morgan fingerprint density at radius 3 is 2.40 bits per heavy atom. The minimum Gasteiger partial charge on any atom is -0.504 e. The standard InChI is InChI=1S/C21H19NO3/c1-24-20-9-5-8-17(21(20)23)14-22-18-10-12-19(13-11-18)25-15-16-6-3-2-4-7-16/h2-14,23H,15H2,1H3. The monoisotopic (exact) mass is 333 g/mol. The fraction of sp³-hybridized carbons (Fsp3) is 0.0952. The molecule has 0 saturated heterocycles. The lowest BCUT2D eigenvalue weighted by atomic mass is 10.2. The molecule has 0 atom stereocenters. The van der Waals surface area contributed by atoms with E-state index in [9.17, 15) is 5.11 Å². The number of ether oxygens (including phenoxy) is 2. The van der Waals surface area contributed by atoms with Crippen LogP contribution in [0.3, 0.4) is 0 Å². The molecule has 126 valence electrons. The minimum absolute atomic E-state index is 0.0802. The molecule has 4 heteroatoms. The molecule has 0 aliphatic rings. The third kappa shape index (κ3) is 4.38. The van der Waals surface area contributed by atoms with Crippen molar-refractivity contribution in [3.8, 4) is 17.2 Å². The van der Waals surface area contributed by atoms with E-state index >= 15 is 0 Å². The summed E-state index contributed by atoms with van der Waals surface area (Å²) in [5.41, 5.74) is 2.50. The highest BCUT2D eigenvalue weighted by atomic mass is 16.5. The highest BCUT2D eigenvalue weighted by Crippen LogP contribution is 2.28. The van der Waals surface area contributed by atoms with Crippen LogP contribution in [0.2, 0.25) is 0 Å². The largest absolute Gasteiger partial charge is 0.504 e. The van der Waals surface area contributed by atoms with Gasteiger partial charge in [0, 0.05) is 11.8 Å². The average Bonchev–Trinajstić information content (AvgIpc) is 2.67. The van der Waals surface area contributed by atoms with Gasteiger partial charge in [-0.1, -0.05) is 36.4 Å². The van der Waals surface area contributed by atoms with Gasteiger partial charge in [-0.3, -0.25) is 4.99 Å². The summed E-state index contributed by atoms with van der Waals surface area (Å²) in [4.78, 5) is 4.38. The van der Waals surface area contributed by atoms with Crippen LogP contribution in [0.1, 0.15) is 11.1 Å². The number of para-hydroxylation sites is 1. The first kappa shape index (κ1) is 16.6. The highest BCUT2D eigenvalue weighted by molar-refractivity contribution is 5.86. The molecule has 4 nitrogen and oxygen atoms in total. The van der Waals surface area contributed by atoms with Crippen LogP contribution < -0.4 is 9.47 Å². The Balaban J connectivity index is 1.64. The van der Waals surface area contributed by atoms with E-state index < -0.39 is 0 Å². The predicted molar refractivity (Wildman–Crippen MR) is 99.1 cm³/mol. The topological polar surface area (TPSA) is 51.0 Å². The second kappa shape index (κ2) is 8.02. The molecule has 0 unspecified atom stereocenters. The van der Waals surface area contributed by atoms with E-state index in [1.807, 2.05) is 54.6 Å². The van der Waals surface area contributed by atoms with Crippen molar-refractivity contribution in [2.75, 3.05) is 7.11 Å². The lowest BCUT2D eigenvalue weighted by molar-refractivity contribution is 0.306. The van der Waals surface area contributed by atoms with Crippen LogP contribution in [-0.2, 0) is 6.61 Å². The van der Waals surface area contributed by atoms with Crippen molar-refractivity contribution in [1.82, 2.24) is 0 Å². The molecule has 1 N–H and O–H groups in total. The number of rotatable bonds is 6. The average molecular weight is 333 g/mol. The molecule has 0 spiro atoms. The van der Waals surface area contributed by atoms with Crippen molar-refractivity contribution in [1.29, 1.82) is 0 Å². The van der Waals surface area contributed by atoms with E-state index in [1.54, 1.807) is 24.4 Å². The summed E-state index contributed by atoms with van der Waals surface area (Å²) < 4.78 is 10.8. The smallest absolute Gasteiger partial charge is 0.166 e. The number of benzene rings is 3. The Morgan fingerprint density at radius 1 is 0.920 bits per heavy atom. The second-order valence-electron chi connectivity index (χ2n) is 5.42. The highest BCUT2D eigenvalue weighted by Gasteiger charge is 2.04. The fourth-order valence-corrected chi connectivity index (χ4v) is 2.32. The number of methoxy groups -OCH3 is 1. The third-order valence-corrected chi connectivity index (χ3v) is 3.69. The number of phenolic OH excluding ortho intramolecular Hbond substituents is 1. The van der Waals surface area contributed by atoms with Crippen LogP contribution in [0, 0.1) is 0 Å². The molecule has 25 heavy (non-hydrogen) atoms. The first-order chi connectivity index (χ1) is 12.3. The maximum atomic E-state index is 10.1. The van der Waals surface area contributed by atoms with Crippen LogP contribution in [0.25, 0.3) is 0 Å². The van der Waals surface area contributed by atoms with Crippen LogP contribution in [0.15, 0.2) is 77.8 Å². The quantitative estimate of drug-likeness (QED) is 0.663. The molecule has 0 aliphatic heterocycles. The molecule has 3 aromatic rings. The molecular formula is C21H19NO3. The molecule has 3 aromatic carbocycles. The number of aliphatic imine (C=N–C) groups is 1. The summed E-state index contributed by atoms with van der Waals surface area (Å²) in [5.74, 6) is 1.29. The molecular weight excluding hydrogens is 314 g/mol. The zero-order valence-electron chi connectivity index (χ0n) is 13.9. The van der Waals surface area contributed by atoms with Gasteiger partial charge in [-0.25, -0.2) is 0 Å². The van der Waals surface area contributed by atoms with Gasteiger partial charge in [0.25, 0.3) is 0 Å². The molecule has 0 saturated carbocycles. The van der Waals surface area contributed by atoms with Crippen molar-refractivity contribution in [2.45, 2.75) is 6.61 Å². The normalized spacial score (nSPS) is 10.8. The summed E-state index contributed by atoms with van der Waals surface area (Å²) in [7, 11) is 1.52. The molecule has 3 rings (SSSR count). The molecule has 0 heterocycles. The number of aromatic hydroxyl groups is 1. The van der Waals surface area contributed by atoms with Crippen LogP contribution in [0.5, 0.6) is 17.2 Å². The molecule has 0 radical (unpaired) electrons. The van der Waals surface area contributed by atoms with Crippen molar-refractivity contribution in [3.05, 3.63) is 83.9 Å². The Bertz CT molecular complexity index is 843. The summed E-state index contributed by atoms with van der Waals surface area (Å²) in [6.07, 6.45) is 1.61. The van der Waals surface area contributed by atoms with E-state index in [0.717, 1.165) is 17.0 Å². The van der Waals surface area contributed by atoms with E-state index in [2.05, 4.69) is 4.99 Å². The molecule has 0 amide bonds. The number of hydrogen-bond acceptors (Lipinski definition) is 4. The van der Waals surface area contributed by atoms with Crippen LogP contribution in [0.4, 0.5) is 5.69 Å². The summed E-state index contributed by atoms with van der Waals surface area (Å²) in [6.45, 7) is 0.529. The molecule has 0 bridgehead atoms. The Kier molecular flexibility index (Phi) is 5.32. The number of hydrogen-bond donors (Lipinski definition) is 1. The lowest BCUT2D eigenvalue weighted by Gasteiger charge is -2.06. The summed E-state index contributed by atoms with van der Waals surface area (Å²) in [5, 5.41) is 10.1. The third-order valence-electron chi connectivity index (χ3n) is 3.69. The molecule has 0 aliphatic carbocycles. The van der Waals surface area contributed by atoms with Crippen LogP contribution >= 0.6 is 0 Å². The van der Waals surface area contributed by atoms with E-state index in [-0.39, 0.29) is 5.75 Å². The van der Waals surface area contributed by atoms with Gasteiger partial charge in [0.05, 0.1) is 12.8 Å². The van der Waals surface area contributed by atoms with Gasteiger partial charge in [-0.2, -0.15) is 0 Å². The SMILES string of the molecule is COc1cccc(C=Nc2ccc(OCc3ccccc3)cc2)c1O. The van der Waals surface area contributed by atoms with E-state index in [1.165, 1.54) is 7.11 Å². The van der Waals surface area contributed by atoms with Gasteiger partial charge < -0.3 is 14.6 Å². The predicted octanol–water partition coefficient (Wildman–Crippen LogP) is 4.73. The number of phenols is 1. The maximum absolute atomic E-state index is 10.1. The summed E-state index contributed by atoms with van der Waals surface area (Å²) >= 11 is 0. The Morgan fingerprint density at radius 2 is 1.68 bits per heavy atom. The first-order valence-corrected chi connectivity index (χ1v) is 7.93.